The van der Waals surface area contributed by atoms with Crippen LogP contribution in [-0.2, 0) is 6.54 Å². The highest BCUT2D eigenvalue weighted by Gasteiger charge is 2.16. The second-order valence-electron chi connectivity index (χ2n) is 4.80. The van der Waals surface area contributed by atoms with E-state index in [-0.39, 0.29) is 6.04 Å². The number of nitrogens with zero attached hydrogens (tertiary/aromatic N) is 2. The van der Waals surface area contributed by atoms with Gasteiger partial charge < -0.3 is 10.3 Å². The van der Waals surface area contributed by atoms with E-state index < -0.39 is 0 Å². The first-order valence-electron chi connectivity index (χ1n) is 5.80. The molecule has 1 aromatic heterocycles. The summed E-state index contributed by atoms with van der Waals surface area (Å²) in [5.74, 6) is 2.28. The van der Waals surface area contributed by atoms with Gasteiger partial charge in [-0.25, -0.2) is 4.98 Å². The Hall–Kier alpha value is -0.480. The molecule has 4 heteroatoms. The second kappa shape index (κ2) is 6.30. The number of rotatable bonds is 6. The molecule has 0 bridgehead atoms. The van der Waals surface area contributed by atoms with Crippen LogP contribution in [0.15, 0.2) is 12.5 Å². The molecule has 2 unspecified atom stereocenters. The molecule has 0 aliphatic heterocycles. The van der Waals surface area contributed by atoms with E-state index in [1.807, 2.05) is 24.3 Å². The predicted molar refractivity (Wildman–Crippen MR) is 71.5 cm³/mol. The van der Waals surface area contributed by atoms with E-state index in [0.29, 0.717) is 11.8 Å². The lowest BCUT2D eigenvalue weighted by Crippen LogP contribution is -2.22. The summed E-state index contributed by atoms with van der Waals surface area (Å²) in [6.45, 7) is 7.57. The monoisotopic (exact) mass is 241 g/mol. The van der Waals surface area contributed by atoms with Crippen molar-refractivity contribution < 1.29 is 0 Å². The Morgan fingerprint density at radius 2 is 2.12 bits per heavy atom. The van der Waals surface area contributed by atoms with Gasteiger partial charge in [-0.3, -0.25) is 0 Å². The molecule has 1 aromatic rings. The Morgan fingerprint density at radius 1 is 1.44 bits per heavy atom. The van der Waals surface area contributed by atoms with E-state index in [9.17, 15) is 0 Å². The van der Waals surface area contributed by atoms with Crippen molar-refractivity contribution in [3.05, 3.63) is 18.2 Å². The Bertz CT molecular complexity index is 309. The summed E-state index contributed by atoms with van der Waals surface area (Å²) in [5.41, 5.74) is 7.32. The van der Waals surface area contributed by atoms with Gasteiger partial charge in [-0.15, -0.1) is 0 Å². The van der Waals surface area contributed by atoms with E-state index in [2.05, 4.69) is 36.6 Å². The van der Waals surface area contributed by atoms with Crippen LogP contribution in [0.1, 0.15) is 32.5 Å². The van der Waals surface area contributed by atoms with E-state index in [1.165, 1.54) is 5.75 Å². The first kappa shape index (κ1) is 13.6. The molecule has 2 atom stereocenters. The lowest BCUT2D eigenvalue weighted by molar-refractivity contribution is 0.450. The molecule has 0 spiro atoms. The third-order valence-electron chi connectivity index (χ3n) is 2.76. The van der Waals surface area contributed by atoms with Crippen molar-refractivity contribution in [2.75, 3.05) is 12.0 Å². The maximum atomic E-state index is 6.17. The molecule has 0 aliphatic carbocycles. The summed E-state index contributed by atoms with van der Waals surface area (Å²) in [7, 11) is 0. The van der Waals surface area contributed by atoms with Crippen molar-refractivity contribution in [2.45, 2.75) is 33.4 Å². The molecule has 92 valence electrons. The van der Waals surface area contributed by atoms with Crippen molar-refractivity contribution in [1.82, 2.24) is 9.55 Å². The SMILES string of the molecule is CSCC(C)Cn1cncc1C(N)C(C)C. The average molecular weight is 241 g/mol. The molecule has 0 radical (unpaired) electrons. The van der Waals surface area contributed by atoms with Crippen molar-refractivity contribution in [3.63, 3.8) is 0 Å². The normalized spacial score (nSPS) is 15.4. The number of nitrogens with two attached hydrogens (primary N) is 1. The zero-order valence-corrected chi connectivity index (χ0v) is 11.5. The minimum absolute atomic E-state index is 0.0870. The molecule has 0 amide bonds. The first-order valence-corrected chi connectivity index (χ1v) is 7.20. The molecule has 16 heavy (non-hydrogen) atoms. The molecule has 3 nitrogen and oxygen atoms in total. The van der Waals surface area contributed by atoms with Gasteiger partial charge in [0.25, 0.3) is 0 Å². The van der Waals surface area contributed by atoms with Gasteiger partial charge in [0.2, 0.25) is 0 Å². The van der Waals surface area contributed by atoms with E-state index in [0.717, 1.165) is 12.2 Å². The Labute approximate surface area is 103 Å². The van der Waals surface area contributed by atoms with Crippen LogP contribution >= 0.6 is 11.8 Å². The number of hydrogen-bond acceptors (Lipinski definition) is 3. The van der Waals surface area contributed by atoms with Crippen LogP contribution in [0, 0.1) is 11.8 Å². The van der Waals surface area contributed by atoms with Crippen LogP contribution in [0.2, 0.25) is 0 Å². The minimum atomic E-state index is 0.0870. The fourth-order valence-electron chi connectivity index (χ4n) is 1.78. The molecule has 1 rings (SSSR count). The van der Waals surface area contributed by atoms with Gasteiger partial charge in [0, 0.05) is 18.8 Å². The summed E-state index contributed by atoms with van der Waals surface area (Å²) in [4.78, 5) is 4.21. The lowest BCUT2D eigenvalue weighted by atomic mass is 10.0. The van der Waals surface area contributed by atoms with Crippen LogP contribution in [-0.4, -0.2) is 21.6 Å². The molecular weight excluding hydrogens is 218 g/mol. The fraction of sp³-hybridized carbons (Fsp3) is 0.750. The van der Waals surface area contributed by atoms with Crippen LogP contribution in [0.5, 0.6) is 0 Å². The standard InChI is InChI=1S/C12H23N3S/c1-9(2)12(13)11-5-14-8-15(11)6-10(3)7-16-4/h5,8-10,12H,6-7,13H2,1-4H3. The summed E-state index contributed by atoms with van der Waals surface area (Å²) in [5, 5.41) is 0. The number of hydrogen-bond donors (Lipinski definition) is 1. The third-order valence-corrected chi connectivity index (χ3v) is 3.67. The Balaban J connectivity index is 2.70. The van der Waals surface area contributed by atoms with Crippen LogP contribution < -0.4 is 5.73 Å². The zero-order valence-electron chi connectivity index (χ0n) is 10.7. The molecular formula is C12H23N3S. The molecule has 0 aromatic carbocycles. The fourth-order valence-corrected chi connectivity index (χ4v) is 2.45. The van der Waals surface area contributed by atoms with Gasteiger partial charge in [-0.05, 0) is 23.8 Å². The Kier molecular flexibility index (Phi) is 5.35. The number of thioether (sulfide) groups is 1. The summed E-state index contributed by atoms with van der Waals surface area (Å²) >= 11 is 1.89. The van der Waals surface area contributed by atoms with Gasteiger partial charge >= 0.3 is 0 Å². The minimum Gasteiger partial charge on any atom is -0.333 e. The molecule has 0 saturated carbocycles. The number of aromatic nitrogens is 2. The summed E-state index contributed by atoms with van der Waals surface area (Å²) in [6.07, 6.45) is 5.94. The van der Waals surface area contributed by atoms with Gasteiger partial charge in [0.1, 0.15) is 0 Å². The topological polar surface area (TPSA) is 43.8 Å². The van der Waals surface area contributed by atoms with Crippen LogP contribution in [0.4, 0.5) is 0 Å². The third kappa shape index (κ3) is 3.52. The van der Waals surface area contributed by atoms with Gasteiger partial charge in [-0.1, -0.05) is 20.8 Å². The van der Waals surface area contributed by atoms with Crippen molar-refractivity contribution in [3.8, 4) is 0 Å². The van der Waals surface area contributed by atoms with Gasteiger partial charge in [0.15, 0.2) is 0 Å². The average Bonchev–Trinajstić information content (AvgIpc) is 2.64. The largest absolute Gasteiger partial charge is 0.333 e. The number of imidazole rings is 1. The van der Waals surface area contributed by atoms with Crippen LogP contribution in [0.25, 0.3) is 0 Å². The Morgan fingerprint density at radius 3 is 2.69 bits per heavy atom. The van der Waals surface area contributed by atoms with Gasteiger partial charge in [0.05, 0.1) is 12.0 Å². The van der Waals surface area contributed by atoms with Crippen molar-refractivity contribution in [1.29, 1.82) is 0 Å². The smallest absolute Gasteiger partial charge is 0.0948 e. The van der Waals surface area contributed by atoms with Crippen molar-refractivity contribution >= 4 is 11.8 Å². The van der Waals surface area contributed by atoms with Crippen molar-refractivity contribution in [2.24, 2.45) is 17.6 Å². The maximum absolute atomic E-state index is 6.17. The second-order valence-corrected chi connectivity index (χ2v) is 5.71. The molecule has 0 aliphatic rings. The van der Waals surface area contributed by atoms with E-state index in [1.54, 1.807) is 0 Å². The quantitative estimate of drug-likeness (QED) is 0.832. The highest BCUT2D eigenvalue weighted by molar-refractivity contribution is 7.98. The maximum Gasteiger partial charge on any atom is 0.0948 e. The van der Waals surface area contributed by atoms with E-state index >= 15 is 0 Å². The first-order chi connectivity index (χ1) is 7.56. The summed E-state index contributed by atoms with van der Waals surface area (Å²) < 4.78 is 2.20. The highest BCUT2D eigenvalue weighted by atomic mass is 32.2. The lowest BCUT2D eigenvalue weighted by Gasteiger charge is -2.19. The van der Waals surface area contributed by atoms with E-state index in [4.69, 9.17) is 5.73 Å². The van der Waals surface area contributed by atoms with Gasteiger partial charge in [-0.2, -0.15) is 11.8 Å². The molecule has 0 saturated heterocycles. The highest BCUT2D eigenvalue weighted by Crippen LogP contribution is 2.19. The van der Waals surface area contributed by atoms with Crippen LogP contribution in [0.3, 0.4) is 0 Å². The predicted octanol–water partition coefficient (Wildman–Crippen LogP) is 2.54. The molecule has 2 N–H and O–H groups in total. The zero-order chi connectivity index (χ0) is 12.1. The molecule has 0 fully saturated rings. The molecule has 1 heterocycles. The summed E-state index contributed by atoms with van der Waals surface area (Å²) in [6, 6.07) is 0.0870.